The van der Waals surface area contributed by atoms with Gasteiger partial charge in [-0.25, -0.2) is 15.1 Å². The van der Waals surface area contributed by atoms with Crippen molar-refractivity contribution in [1.29, 1.82) is 0 Å². The first kappa shape index (κ1) is 8.23. The fraction of sp³-hybridized carbons (Fsp3) is 0. The van der Waals surface area contributed by atoms with Crippen molar-refractivity contribution < 1.29 is 8.42 Å². The van der Waals surface area contributed by atoms with E-state index < -0.39 is 10.2 Å². The molecule has 8 heteroatoms. The lowest BCUT2D eigenvalue weighted by molar-refractivity contribution is 0.288. The third-order valence-corrected chi connectivity index (χ3v) is 2.26. The van der Waals surface area contributed by atoms with Gasteiger partial charge in [-0.05, 0) is 6.08 Å². The van der Waals surface area contributed by atoms with Crippen molar-refractivity contribution in [2.75, 3.05) is 0 Å². The van der Waals surface area contributed by atoms with Crippen LogP contribution in [0.2, 0.25) is 0 Å². The van der Waals surface area contributed by atoms with Gasteiger partial charge < -0.3 is 0 Å². The average molecular weight is 201 g/mol. The molecule has 0 fully saturated rings. The Morgan fingerprint density at radius 2 is 2.31 bits per heavy atom. The second-order valence-corrected chi connectivity index (χ2v) is 3.87. The fourth-order valence-electron chi connectivity index (χ4n) is 0.946. The van der Waals surface area contributed by atoms with Gasteiger partial charge in [0.1, 0.15) is 6.34 Å². The van der Waals surface area contributed by atoms with Crippen molar-refractivity contribution in [2.24, 2.45) is 10.1 Å². The number of nitrogens with zero attached hydrogens (tertiary/aromatic N) is 3. The Morgan fingerprint density at radius 3 is 2.92 bits per heavy atom. The van der Waals surface area contributed by atoms with Gasteiger partial charge in [0.25, 0.3) is 0 Å². The highest BCUT2D eigenvalue weighted by Gasteiger charge is 2.25. The lowest BCUT2D eigenvalue weighted by Crippen LogP contribution is -2.45. The normalized spacial score (nSPS) is 20.5. The van der Waals surface area contributed by atoms with E-state index in [1.807, 2.05) is 0 Å². The number of hydrazine groups is 2. The molecule has 0 aliphatic carbocycles. The number of hydrogen-bond donors (Lipinski definition) is 2. The first-order valence-corrected chi connectivity index (χ1v) is 4.87. The van der Waals surface area contributed by atoms with Gasteiger partial charge in [-0.15, -0.1) is 5.53 Å². The van der Waals surface area contributed by atoms with Crippen molar-refractivity contribution in [3.8, 4) is 0 Å². The van der Waals surface area contributed by atoms with Gasteiger partial charge in [0.2, 0.25) is 0 Å². The van der Waals surface area contributed by atoms with E-state index >= 15 is 0 Å². The van der Waals surface area contributed by atoms with Gasteiger partial charge in [0, 0.05) is 6.20 Å². The van der Waals surface area contributed by atoms with Gasteiger partial charge >= 0.3 is 10.2 Å². The Bertz CT molecular complexity index is 409. The van der Waals surface area contributed by atoms with Crippen LogP contribution < -0.4 is 10.7 Å². The van der Waals surface area contributed by atoms with Crippen LogP contribution in [0.15, 0.2) is 29.2 Å². The quantitative estimate of drug-likeness (QED) is 0.547. The van der Waals surface area contributed by atoms with Crippen LogP contribution in [0, 0.1) is 0 Å². The molecule has 7 nitrogen and oxygen atoms in total. The molecular weight excluding hydrogens is 194 g/mol. The van der Waals surface area contributed by atoms with E-state index in [-0.39, 0.29) is 0 Å². The zero-order valence-electron chi connectivity index (χ0n) is 6.45. The Kier molecular flexibility index (Phi) is 1.62. The highest BCUT2D eigenvalue weighted by Crippen LogP contribution is 2.14. The summed E-state index contributed by atoms with van der Waals surface area (Å²) in [5.41, 5.74) is 3.15. The van der Waals surface area contributed by atoms with E-state index in [9.17, 15) is 8.42 Å². The van der Waals surface area contributed by atoms with E-state index in [1.54, 1.807) is 12.3 Å². The van der Waals surface area contributed by atoms with Crippen molar-refractivity contribution in [3.63, 3.8) is 0 Å². The van der Waals surface area contributed by atoms with Gasteiger partial charge in [-0.2, -0.15) is 12.8 Å². The van der Waals surface area contributed by atoms with Gasteiger partial charge in [-0.3, -0.25) is 0 Å². The van der Waals surface area contributed by atoms with E-state index in [4.69, 9.17) is 5.14 Å². The largest absolute Gasteiger partial charge is 0.313 e. The molecule has 0 aromatic carbocycles. The smallest absolute Gasteiger partial charge is 0.246 e. The number of rotatable bonds is 1. The van der Waals surface area contributed by atoms with Crippen LogP contribution in [0.4, 0.5) is 0 Å². The number of aliphatic imine (C=N–C) groups is 1. The maximum Gasteiger partial charge on any atom is 0.313 e. The Labute approximate surface area is 74.9 Å². The van der Waals surface area contributed by atoms with Crippen LogP contribution in [0.1, 0.15) is 0 Å². The lowest BCUT2D eigenvalue weighted by Gasteiger charge is -2.18. The first-order chi connectivity index (χ1) is 6.07. The number of allylic oxidation sites excluding steroid dienone is 1. The molecule has 2 rings (SSSR count). The highest BCUT2D eigenvalue weighted by molar-refractivity contribution is 7.86. The molecule has 3 N–H and O–H groups in total. The monoisotopic (exact) mass is 201 g/mol. The summed E-state index contributed by atoms with van der Waals surface area (Å²) in [7, 11) is -3.75. The summed E-state index contributed by atoms with van der Waals surface area (Å²) >= 11 is 0. The van der Waals surface area contributed by atoms with Crippen molar-refractivity contribution in [2.45, 2.75) is 0 Å². The Hall–Kier alpha value is -1.38. The van der Waals surface area contributed by atoms with Gasteiger partial charge in [0.15, 0.2) is 0 Å². The van der Waals surface area contributed by atoms with Crippen LogP contribution in [0.5, 0.6) is 0 Å². The standard InChI is InChI=1S/C5H7N5O2S/c6-13(11,12)10-3-5-1-2-7-4-9(5)8-10/h1-4,8H,(H2,6,11,12). The number of nitrogens with two attached hydrogens (primary N) is 1. The molecule has 2 heterocycles. The highest BCUT2D eigenvalue weighted by atomic mass is 32.2. The molecule has 2 aliphatic rings. The summed E-state index contributed by atoms with van der Waals surface area (Å²) in [5, 5.41) is 6.33. The van der Waals surface area contributed by atoms with Gasteiger partial charge in [0.05, 0.1) is 11.9 Å². The van der Waals surface area contributed by atoms with Gasteiger partial charge in [-0.1, -0.05) is 0 Å². The number of fused-ring (bicyclic) bond motifs is 1. The second-order valence-electron chi connectivity index (χ2n) is 2.45. The van der Waals surface area contributed by atoms with Crippen molar-refractivity contribution >= 4 is 16.5 Å². The molecule has 0 spiro atoms. The van der Waals surface area contributed by atoms with Crippen molar-refractivity contribution in [1.82, 2.24) is 15.0 Å². The van der Waals surface area contributed by atoms with Crippen molar-refractivity contribution in [3.05, 3.63) is 24.2 Å². The molecule has 0 unspecified atom stereocenters. The molecule has 0 bridgehead atoms. The van der Waals surface area contributed by atoms with E-state index in [2.05, 4.69) is 10.5 Å². The van der Waals surface area contributed by atoms with E-state index in [1.165, 1.54) is 17.5 Å². The minimum atomic E-state index is -3.75. The summed E-state index contributed by atoms with van der Waals surface area (Å²) in [6.07, 6.45) is 6.00. The minimum Gasteiger partial charge on any atom is -0.246 e. The molecular formula is C5H7N5O2S. The van der Waals surface area contributed by atoms with E-state index in [0.717, 1.165) is 4.41 Å². The molecule has 0 radical (unpaired) electrons. The van der Waals surface area contributed by atoms with E-state index in [0.29, 0.717) is 5.70 Å². The third kappa shape index (κ3) is 1.41. The predicted molar refractivity (Wildman–Crippen MR) is 45.6 cm³/mol. The summed E-state index contributed by atoms with van der Waals surface area (Å²) in [5.74, 6) is 0. The molecule has 0 saturated carbocycles. The molecule has 0 aromatic heterocycles. The second kappa shape index (κ2) is 2.55. The summed E-state index contributed by atoms with van der Waals surface area (Å²) < 4.78 is 22.6. The zero-order valence-corrected chi connectivity index (χ0v) is 7.27. The molecule has 0 aromatic rings. The average Bonchev–Trinajstić information content (AvgIpc) is 2.45. The third-order valence-electron chi connectivity index (χ3n) is 1.52. The number of hydrogen-bond acceptors (Lipinski definition) is 5. The SMILES string of the molecule is NS(=O)(=O)N1C=C2C=CN=CN2N1. The molecule has 0 saturated heterocycles. The van der Waals surface area contributed by atoms with Crippen LogP contribution in [-0.4, -0.2) is 24.2 Å². The summed E-state index contributed by atoms with van der Waals surface area (Å²) in [6.45, 7) is 0. The zero-order chi connectivity index (χ0) is 9.47. The molecule has 13 heavy (non-hydrogen) atoms. The maximum atomic E-state index is 10.9. The molecule has 2 aliphatic heterocycles. The minimum absolute atomic E-state index is 0.657. The molecule has 0 atom stereocenters. The Morgan fingerprint density at radius 1 is 1.54 bits per heavy atom. The van der Waals surface area contributed by atoms with Crippen LogP contribution in [-0.2, 0) is 10.2 Å². The molecule has 0 amide bonds. The number of nitrogens with one attached hydrogen (secondary N) is 1. The van der Waals surface area contributed by atoms with Crippen LogP contribution in [0.25, 0.3) is 0 Å². The van der Waals surface area contributed by atoms with Crippen LogP contribution in [0.3, 0.4) is 0 Å². The first-order valence-electron chi connectivity index (χ1n) is 3.37. The predicted octanol–water partition coefficient (Wildman–Crippen LogP) is -1.38. The topological polar surface area (TPSA) is 91.0 Å². The fourth-order valence-corrected chi connectivity index (χ4v) is 1.40. The lowest BCUT2D eigenvalue weighted by atomic mass is 10.4. The summed E-state index contributed by atoms with van der Waals surface area (Å²) in [4.78, 5) is 3.79. The Balaban J connectivity index is 2.31. The molecule has 70 valence electrons. The van der Waals surface area contributed by atoms with Crippen LogP contribution >= 0.6 is 0 Å². The summed E-state index contributed by atoms with van der Waals surface area (Å²) in [6, 6.07) is 0. The maximum absolute atomic E-state index is 10.9.